The van der Waals surface area contributed by atoms with Crippen LogP contribution in [0, 0.1) is 0 Å². The first-order valence-corrected chi connectivity index (χ1v) is 9.99. The number of carbonyl (C=O) groups is 2. The van der Waals surface area contributed by atoms with E-state index < -0.39 is 5.97 Å². The van der Waals surface area contributed by atoms with Gasteiger partial charge < -0.3 is 29.2 Å². The number of methoxy groups -OCH3 is 3. The lowest BCUT2D eigenvalue weighted by Gasteiger charge is -2.13. The van der Waals surface area contributed by atoms with E-state index in [0.29, 0.717) is 30.0 Å². The van der Waals surface area contributed by atoms with Gasteiger partial charge in [-0.25, -0.2) is 0 Å². The predicted octanol–water partition coefficient (Wildman–Crippen LogP) is 3.49. The molecule has 3 rings (SSSR count). The summed E-state index contributed by atoms with van der Waals surface area (Å²) >= 11 is 0. The van der Waals surface area contributed by atoms with Crippen LogP contribution < -0.4 is 24.3 Å². The highest BCUT2D eigenvalue weighted by molar-refractivity contribution is 5.92. The highest BCUT2D eigenvalue weighted by atomic mass is 16.6. The normalized spacial score (nSPS) is 10.9. The number of benzene rings is 2. The second kappa shape index (κ2) is 10.4. The third-order valence-corrected chi connectivity index (χ3v) is 4.82. The van der Waals surface area contributed by atoms with E-state index in [1.54, 1.807) is 25.3 Å². The number of hydrogen-bond acceptors (Lipinski definition) is 6. The molecule has 3 aromatic rings. The number of nitrogens with one attached hydrogen (secondary N) is 2. The van der Waals surface area contributed by atoms with E-state index in [9.17, 15) is 9.59 Å². The van der Waals surface area contributed by atoms with Crippen LogP contribution in [0.4, 0.5) is 0 Å². The van der Waals surface area contributed by atoms with Gasteiger partial charge in [0.2, 0.25) is 11.7 Å². The Kier molecular flexibility index (Phi) is 7.38. The van der Waals surface area contributed by atoms with Crippen molar-refractivity contribution in [2.24, 2.45) is 0 Å². The van der Waals surface area contributed by atoms with Crippen LogP contribution in [-0.4, -0.2) is 44.7 Å². The number of carbonyl (C=O) groups excluding carboxylic acids is 2. The molecular formula is C24H26N2O6. The van der Waals surface area contributed by atoms with Crippen molar-refractivity contribution in [2.45, 2.75) is 13.3 Å². The van der Waals surface area contributed by atoms with Gasteiger partial charge >= 0.3 is 5.97 Å². The van der Waals surface area contributed by atoms with Crippen molar-refractivity contribution in [3.63, 3.8) is 0 Å². The van der Waals surface area contributed by atoms with Crippen molar-refractivity contribution in [2.75, 3.05) is 27.9 Å². The van der Waals surface area contributed by atoms with Gasteiger partial charge in [0.05, 0.1) is 21.3 Å². The maximum atomic E-state index is 12.3. The molecule has 2 N–H and O–H groups in total. The number of aromatic amines is 1. The van der Waals surface area contributed by atoms with Crippen LogP contribution in [0.25, 0.3) is 17.0 Å². The van der Waals surface area contributed by atoms with Gasteiger partial charge in [-0.3, -0.25) is 9.59 Å². The smallest absolute Gasteiger partial charge is 0.308 e. The first kappa shape index (κ1) is 22.7. The molecule has 0 bridgehead atoms. The van der Waals surface area contributed by atoms with Gasteiger partial charge in [-0.2, -0.15) is 0 Å². The Labute approximate surface area is 186 Å². The molecule has 32 heavy (non-hydrogen) atoms. The van der Waals surface area contributed by atoms with Gasteiger partial charge in [-0.1, -0.05) is 0 Å². The van der Waals surface area contributed by atoms with Crippen LogP contribution in [0.2, 0.25) is 0 Å². The summed E-state index contributed by atoms with van der Waals surface area (Å²) in [4.78, 5) is 26.8. The van der Waals surface area contributed by atoms with Crippen LogP contribution in [0.15, 0.2) is 42.6 Å². The number of fused-ring (bicyclic) bond motifs is 1. The highest BCUT2D eigenvalue weighted by Gasteiger charge is 2.15. The molecule has 0 aliphatic rings. The summed E-state index contributed by atoms with van der Waals surface area (Å²) in [5, 5.41) is 3.95. The largest absolute Gasteiger partial charge is 0.497 e. The molecule has 8 heteroatoms. The van der Waals surface area contributed by atoms with Crippen LogP contribution in [0.3, 0.4) is 0 Å². The lowest BCUT2D eigenvalue weighted by molar-refractivity contribution is -0.132. The standard InChI is InChI=1S/C24H26N2O6/c1-15(27)32-24-21(30-3)11-16(12-22(24)31-4)5-8-23(28)25-10-9-17-14-26-20-7-6-18(29-2)13-19(17)20/h5-8,11-14,26H,9-10H2,1-4H3,(H,25,28). The summed E-state index contributed by atoms with van der Waals surface area (Å²) < 4.78 is 21.0. The Hall–Kier alpha value is -3.94. The SMILES string of the molecule is COc1ccc2[nH]cc(CCNC(=O)C=Cc3cc(OC)c(OC(C)=O)c(OC)c3)c2c1. The molecule has 0 unspecified atom stereocenters. The first-order valence-electron chi connectivity index (χ1n) is 9.99. The summed E-state index contributed by atoms with van der Waals surface area (Å²) in [6.07, 6.45) is 5.67. The number of H-pyrrole nitrogens is 1. The van der Waals surface area contributed by atoms with Crippen molar-refractivity contribution < 1.29 is 28.5 Å². The number of aromatic nitrogens is 1. The van der Waals surface area contributed by atoms with Crippen molar-refractivity contribution in [3.8, 4) is 23.0 Å². The fourth-order valence-corrected chi connectivity index (χ4v) is 3.28. The van der Waals surface area contributed by atoms with Gasteiger partial charge in [0.15, 0.2) is 11.5 Å². The van der Waals surface area contributed by atoms with Crippen molar-refractivity contribution in [3.05, 3.63) is 53.7 Å². The van der Waals surface area contributed by atoms with E-state index in [0.717, 1.165) is 22.2 Å². The minimum atomic E-state index is -0.488. The van der Waals surface area contributed by atoms with Crippen LogP contribution in [0.1, 0.15) is 18.1 Å². The van der Waals surface area contributed by atoms with E-state index in [-0.39, 0.29) is 11.7 Å². The molecule has 0 atom stereocenters. The second-order valence-electron chi connectivity index (χ2n) is 6.95. The zero-order valence-corrected chi connectivity index (χ0v) is 18.5. The Bertz CT molecular complexity index is 1120. The molecule has 1 aromatic heterocycles. The molecule has 8 nitrogen and oxygen atoms in total. The number of amides is 1. The fraction of sp³-hybridized carbons (Fsp3) is 0.250. The lowest BCUT2D eigenvalue weighted by Crippen LogP contribution is -2.23. The van der Waals surface area contributed by atoms with Gasteiger partial charge in [0.1, 0.15) is 5.75 Å². The predicted molar refractivity (Wildman–Crippen MR) is 121 cm³/mol. The maximum absolute atomic E-state index is 12.3. The molecular weight excluding hydrogens is 412 g/mol. The molecule has 1 heterocycles. The van der Waals surface area contributed by atoms with Crippen molar-refractivity contribution in [1.82, 2.24) is 10.3 Å². The average Bonchev–Trinajstić information content (AvgIpc) is 3.19. The lowest BCUT2D eigenvalue weighted by atomic mass is 10.1. The molecule has 168 valence electrons. The van der Waals surface area contributed by atoms with Gasteiger partial charge in [-0.15, -0.1) is 0 Å². The molecule has 1 amide bonds. The van der Waals surface area contributed by atoms with E-state index >= 15 is 0 Å². The summed E-state index contributed by atoms with van der Waals surface area (Å²) in [5.74, 6) is 0.918. The third kappa shape index (κ3) is 5.40. The third-order valence-electron chi connectivity index (χ3n) is 4.82. The number of esters is 1. The highest BCUT2D eigenvalue weighted by Crippen LogP contribution is 2.39. The van der Waals surface area contributed by atoms with E-state index in [1.165, 1.54) is 27.2 Å². The Morgan fingerprint density at radius 3 is 2.38 bits per heavy atom. The number of rotatable bonds is 9. The zero-order valence-electron chi connectivity index (χ0n) is 18.5. The molecule has 0 spiro atoms. The van der Waals surface area contributed by atoms with Gasteiger partial charge in [0, 0.05) is 36.6 Å². The van der Waals surface area contributed by atoms with E-state index in [4.69, 9.17) is 18.9 Å². The second-order valence-corrected chi connectivity index (χ2v) is 6.95. The van der Waals surface area contributed by atoms with Crippen molar-refractivity contribution >= 4 is 28.9 Å². The Morgan fingerprint density at radius 2 is 1.75 bits per heavy atom. The quantitative estimate of drug-likeness (QED) is 0.301. The Morgan fingerprint density at radius 1 is 1.03 bits per heavy atom. The minimum absolute atomic E-state index is 0.194. The summed E-state index contributed by atoms with van der Waals surface area (Å²) in [6, 6.07) is 9.16. The number of ether oxygens (including phenoxy) is 4. The summed E-state index contributed by atoms with van der Waals surface area (Å²) in [5.41, 5.74) is 2.78. The van der Waals surface area contributed by atoms with E-state index in [1.807, 2.05) is 24.4 Å². The summed E-state index contributed by atoms with van der Waals surface area (Å²) in [7, 11) is 4.56. The van der Waals surface area contributed by atoms with Crippen molar-refractivity contribution in [1.29, 1.82) is 0 Å². The molecule has 0 saturated carbocycles. The first-order chi connectivity index (χ1) is 15.4. The fourth-order valence-electron chi connectivity index (χ4n) is 3.28. The van der Waals surface area contributed by atoms with Crippen LogP contribution >= 0.6 is 0 Å². The summed E-state index contributed by atoms with van der Waals surface area (Å²) in [6.45, 7) is 1.77. The molecule has 0 saturated heterocycles. The molecule has 0 fully saturated rings. The van der Waals surface area contributed by atoms with Crippen LogP contribution in [0.5, 0.6) is 23.0 Å². The molecule has 0 aliphatic heterocycles. The Balaban J connectivity index is 1.64. The minimum Gasteiger partial charge on any atom is -0.497 e. The van der Waals surface area contributed by atoms with Gasteiger partial charge in [-0.05, 0) is 54.0 Å². The molecule has 0 aliphatic carbocycles. The molecule has 2 aromatic carbocycles. The monoisotopic (exact) mass is 438 g/mol. The number of hydrogen-bond donors (Lipinski definition) is 2. The van der Waals surface area contributed by atoms with Crippen LogP contribution in [-0.2, 0) is 16.0 Å². The molecule has 0 radical (unpaired) electrons. The van der Waals surface area contributed by atoms with Gasteiger partial charge in [0.25, 0.3) is 0 Å². The topological polar surface area (TPSA) is 98.9 Å². The zero-order chi connectivity index (χ0) is 23.1. The van der Waals surface area contributed by atoms with E-state index in [2.05, 4.69) is 10.3 Å². The maximum Gasteiger partial charge on any atom is 0.308 e. The average molecular weight is 438 g/mol.